The topological polar surface area (TPSA) is 60.9 Å². The fourth-order valence-electron chi connectivity index (χ4n) is 4.38. The molecule has 1 aromatic heterocycles. The third kappa shape index (κ3) is 3.94. The van der Waals surface area contributed by atoms with E-state index in [4.69, 9.17) is 14.2 Å². The Morgan fingerprint density at radius 2 is 1.97 bits per heavy atom. The zero-order valence-corrected chi connectivity index (χ0v) is 17.3. The van der Waals surface area contributed by atoms with Crippen LogP contribution in [0.15, 0.2) is 24.4 Å². The van der Waals surface area contributed by atoms with Crippen LogP contribution in [0.1, 0.15) is 27.2 Å². The number of aromatic nitrogens is 1. The highest BCUT2D eigenvalue weighted by Gasteiger charge is 2.40. The van der Waals surface area contributed by atoms with Crippen molar-refractivity contribution in [2.45, 2.75) is 19.0 Å². The number of fused-ring (bicyclic) bond motifs is 1. The maximum Gasteiger partial charge on any atom is 0.418 e. The van der Waals surface area contributed by atoms with Crippen LogP contribution >= 0.6 is 0 Å². The summed E-state index contributed by atoms with van der Waals surface area (Å²) in [6.07, 6.45) is -2.97. The number of ketones is 1. The van der Waals surface area contributed by atoms with Gasteiger partial charge in [0, 0.05) is 37.2 Å². The van der Waals surface area contributed by atoms with E-state index in [1.807, 2.05) is 0 Å². The molecule has 1 aliphatic heterocycles. The lowest BCUT2D eigenvalue weighted by molar-refractivity contribution is -0.138. The van der Waals surface area contributed by atoms with Gasteiger partial charge in [-0.15, -0.1) is 0 Å². The minimum atomic E-state index is -4.52. The van der Waals surface area contributed by atoms with E-state index in [0.29, 0.717) is 49.8 Å². The molecule has 2 heterocycles. The van der Waals surface area contributed by atoms with Gasteiger partial charge >= 0.3 is 6.18 Å². The van der Waals surface area contributed by atoms with Crippen molar-refractivity contribution in [2.75, 3.05) is 45.4 Å². The number of morpholine rings is 1. The van der Waals surface area contributed by atoms with Gasteiger partial charge in [0.1, 0.15) is 0 Å². The number of carbonyl (C=O) groups excluding carboxylic acids is 1. The lowest BCUT2D eigenvalue weighted by Crippen LogP contribution is -2.37. The molecule has 166 valence electrons. The van der Waals surface area contributed by atoms with Crippen molar-refractivity contribution in [3.05, 3.63) is 46.8 Å². The van der Waals surface area contributed by atoms with Crippen molar-refractivity contribution >= 4 is 11.5 Å². The van der Waals surface area contributed by atoms with Crippen LogP contribution < -0.4 is 14.4 Å². The quantitative estimate of drug-likeness (QED) is 0.715. The van der Waals surface area contributed by atoms with Gasteiger partial charge in [0.25, 0.3) is 0 Å². The van der Waals surface area contributed by atoms with E-state index in [-0.39, 0.29) is 17.9 Å². The normalized spacial score (nSPS) is 18.8. The molecule has 1 aliphatic carbocycles. The summed E-state index contributed by atoms with van der Waals surface area (Å²) in [5.74, 6) is 0.0998. The van der Waals surface area contributed by atoms with Crippen LogP contribution in [0.25, 0.3) is 0 Å². The largest absolute Gasteiger partial charge is 0.493 e. The summed E-state index contributed by atoms with van der Waals surface area (Å²) >= 11 is 0. The molecule has 1 saturated heterocycles. The van der Waals surface area contributed by atoms with Crippen LogP contribution in [0.4, 0.5) is 18.9 Å². The molecule has 0 amide bonds. The Hall–Kier alpha value is -2.81. The number of Topliss-reactive ketones (excluding diaryl/α,β-unsaturated/α-hetero) is 1. The number of hydrogen-bond acceptors (Lipinski definition) is 6. The smallest absolute Gasteiger partial charge is 0.418 e. The number of benzene rings is 1. The molecule has 0 bridgehead atoms. The Kier molecular flexibility index (Phi) is 5.79. The monoisotopic (exact) mass is 436 g/mol. The number of methoxy groups -OCH3 is 2. The van der Waals surface area contributed by atoms with Crippen LogP contribution in [-0.2, 0) is 23.8 Å². The van der Waals surface area contributed by atoms with Crippen LogP contribution in [0, 0.1) is 5.92 Å². The summed E-state index contributed by atoms with van der Waals surface area (Å²) in [5.41, 5.74) is 1.08. The number of alkyl halides is 3. The SMILES string of the molecule is COc1cc2c(c(N3CCOCC3)c1OC)CC(Cc1ncccc1C(F)(F)F)C2=O. The van der Waals surface area contributed by atoms with Crippen molar-refractivity contribution < 1.29 is 32.2 Å². The molecule has 0 saturated carbocycles. The number of pyridine rings is 1. The molecular formula is C22H23F3N2O4. The van der Waals surface area contributed by atoms with Crippen molar-refractivity contribution in [2.24, 2.45) is 5.92 Å². The Bertz CT molecular complexity index is 987. The van der Waals surface area contributed by atoms with Crippen LogP contribution in [-0.4, -0.2) is 51.3 Å². The van der Waals surface area contributed by atoms with E-state index in [2.05, 4.69) is 9.88 Å². The first-order valence-electron chi connectivity index (χ1n) is 10.0. The van der Waals surface area contributed by atoms with Gasteiger partial charge in [-0.3, -0.25) is 9.78 Å². The highest BCUT2D eigenvalue weighted by atomic mass is 19.4. The molecule has 2 aliphatic rings. The second-order valence-electron chi connectivity index (χ2n) is 7.55. The predicted molar refractivity (Wildman–Crippen MR) is 107 cm³/mol. The summed E-state index contributed by atoms with van der Waals surface area (Å²) < 4.78 is 56.8. The third-order valence-corrected chi connectivity index (χ3v) is 5.80. The number of carbonyl (C=O) groups is 1. The summed E-state index contributed by atoms with van der Waals surface area (Å²) in [6.45, 7) is 2.31. The number of anilines is 1. The van der Waals surface area contributed by atoms with Crippen molar-refractivity contribution in [3.63, 3.8) is 0 Å². The standard InChI is InChI=1S/C22H23F3N2O4/c1-29-18-12-15-14(19(21(18)30-2)27-6-8-31-9-7-27)10-13(20(15)28)11-17-16(22(23,24)25)4-3-5-26-17/h3-5,12-13H,6-11H2,1-2H3. The van der Waals surface area contributed by atoms with Gasteiger partial charge < -0.3 is 19.1 Å². The van der Waals surface area contributed by atoms with Gasteiger partial charge in [-0.05, 0) is 30.2 Å². The molecule has 1 fully saturated rings. The molecule has 1 unspecified atom stereocenters. The molecule has 6 nitrogen and oxygen atoms in total. The van der Waals surface area contributed by atoms with Crippen LogP contribution in [0.5, 0.6) is 11.5 Å². The van der Waals surface area contributed by atoms with E-state index < -0.39 is 17.7 Å². The van der Waals surface area contributed by atoms with Crippen molar-refractivity contribution in [1.29, 1.82) is 0 Å². The maximum absolute atomic E-state index is 13.4. The molecule has 0 radical (unpaired) electrons. The van der Waals surface area contributed by atoms with E-state index in [9.17, 15) is 18.0 Å². The highest BCUT2D eigenvalue weighted by molar-refractivity contribution is 6.05. The minimum Gasteiger partial charge on any atom is -0.493 e. The number of halogens is 3. The second kappa shape index (κ2) is 8.37. The van der Waals surface area contributed by atoms with Crippen LogP contribution in [0.2, 0.25) is 0 Å². The first-order chi connectivity index (χ1) is 14.8. The second-order valence-corrected chi connectivity index (χ2v) is 7.55. The number of ether oxygens (including phenoxy) is 3. The number of rotatable bonds is 5. The first kappa shape index (κ1) is 21.4. The molecule has 0 spiro atoms. The third-order valence-electron chi connectivity index (χ3n) is 5.80. The molecule has 4 rings (SSSR count). The Morgan fingerprint density at radius 1 is 1.23 bits per heavy atom. The summed E-state index contributed by atoms with van der Waals surface area (Å²) in [4.78, 5) is 19.2. The summed E-state index contributed by atoms with van der Waals surface area (Å²) in [5, 5.41) is 0. The molecule has 1 aromatic carbocycles. The number of nitrogens with zero attached hydrogens (tertiary/aromatic N) is 2. The predicted octanol–water partition coefficient (Wildman–Crippen LogP) is 3.55. The molecule has 2 aromatic rings. The fraction of sp³-hybridized carbons (Fsp3) is 0.455. The van der Waals surface area contributed by atoms with Crippen molar-refractivity contribution in [1.82, 2.24) is 4.98 Å². The van der Waals surface area contributed by atoms with Gasteiger partial charge in [0.2, 0.25) is 0 Å². The molecule has 0 N–H and O–H groups in total. The summed E-state index contributed by atoms with van der Waals surface area (Å²) in [6, 6.07) is 3.88. The molecule has 1 atom stereocenters. The van der Waals surface area contributed by atoms with E-state index >= 15 is 0 Å². The van der Waals surface area contributed by atoms with Crippen molar-refractivity contribution in [3.8, 4) is 11.5 Å². The van der Waals surface area contributed by atoms with Gasteiger partial charge in [-0.2, -0.15) is 13.2 Å². The lowest BCUT2D eigenvalue weighted by atomic mass is 9.96. The molecule has 9 heteroatoms. The summed E-state index contributed by atoms with van der Waals surface area (Å²) in [7, 11) is 3.03. The fourth-order valence-corrected chi connectivity index (χ4v) is 4.38. The van der Waals surface area contributed by atoms with Gasteiger partial charge in [-0.25, -0.2) is 0 Å². The highest BCUT2D eigenvalue weighted by Crippen LogP contribution is 2.47. The maximum atomic E-state index is 13.4. The average Bonchev–Trinajstić information content (AvgIpc) is 3.07. The Balaban J connectivity index is 1.74. The average molecular weight is 436 g/mol. The van der Waals surface area contributed by atoms with Crippen LogP contribution in [0.3, 0.4) is 0 Å². The first-order valence-corrected chi connectivity index (χ1v) is 10.0. The van der Waals surface area contributed by atoms with E-state index in [1.165, 1.54) is 26.5 Å². The van der Waals surface area contributed by atoms with Gasteiger partial charge in [0.15, 0.2) is 17.3 Å². The van der Waals surface area contributed by atoms with Gasteiger partial charge in [0.05, 0.1) is 44.4 Å². The zero-order valence-electron chi connectivity index (χ0n) is 17.3. The zero-order chi connectivity index (χ0) is 22.2. The molecule has 31 heavy (non-hydrogen) atoms. The van der Waals surface area contributed by atoms with E-state index in [0.717, 1.165) is 17.3 Å². The van der Waals surface area contributed by atoms with E-state index in [1.54, 1.807) is 6.07 Å². The minimum absolute atomic E-state index is 0.0869. The Morgan fingerprint density at radius 3 is 2.61 bits per heavy atom. The van der Waals surface area contributed by atoms with Gasteiger partial charge in [-0.1, -0.05) is 0 Å². The molecular weight excluding hydrogens is 413 g/mol. The number of hydrogen-bond donors (Lipinski definition) is 0. The Labute approximate surface area is 177 Å². The lowest BCUT2D eigenvalue weighted by Gasteiger charge is -2.32.